The molecule has 0 spiro atoms. The van der Waals surface area contributed by atoms with Gasteiger partial charge in [-0.25, -0.2) is 0 Å². The molecule has 2 rings (SSSR count). The molecule has 0 radical (unpaired) electrons. The Labute approximate surface area is 101 Å². The molecule has 2 N–H and O–H groups in total. The molecule has 0 bridgehead atoms. The minimum atomic E-state index is -0.735. The topological polar surface area (TPSA) is 62.2 Å². The fourth-order valence-corrected chi connectivity index (χ4v) is 2.67. The lowest BCUT2D eigenvalue weighted by atomic mass is 9.68. The van der Waals surface area contributed by atoms with Crippen molar-refractivity contribution in [2.75, 3.05) is 7.05 Å². The van der Waals surface area contributed by atoms with E-state index in [1.165, 1.54) is 0 Å². The van der Waals surface area contributed by atoms with Crippen LogP contribution in [-0.2, 0) is 10.2 Å². The van der Waals surface area contributed by atoms with Crippen LogP contribution in [0.2, 0.25) is 0 Å². The Morgan fingerprint density at radius 2 is 2.24 bits per heavy atom. The van der Waals surface area contributed by atoms with Crippen LogP contribution in [0.1, 0.15) is 31.2 Å². The molecule has 1 aliphatic carbocycles. The van der Waals surface area contributed by atoms with Gasteiger partial charge < -0.3 is 10.4 Å². The van der Waals surface area contributed by atoms with Crippen molar-refractivity contribution in [3.63, 3.8) is 0 Å². The number of carboxylic acid groups (broad SMARTS) is 1. The second kappa shape index (κ2) is 4.84. The lowest BCUT2D eigenvalue weighted by Crippen LogP contribution is -2.43. The monoisotopic (exact) mass is 234 g/mol. The first-order valence-corrected chi connectivity index (χ1v) is 6.00. The third kappa shape index (κ3) is 2.17. The summed E-state index contributed by atoms with van der Waals surface area (Å²) in [6.07, 6.45) is 6.53. The Balaban J connectivity index is 2.27. The maximum absolute atomic E-state index is 11.6. The number of nitrogens with zero attached hydrogens (tertiary/aromatic N) is 1. The smallest absolute Gasteiger partial charge is 0.314 e. The van der Waals surface area contributed by atoms with Gasteiger partial charge in [0, 0.05) is 18.4 Å². The molecule has 0 amide bonds. The van der Waals surface area contributed by atoms with E-state index >= 15 is 0 Å². The summed E-state index contributed by atoms with van der Waals surface area (Å²) in [5, 5.41) is 12.8. The van der Waals surface area contributed by atoms with E-state index < -0.39 is 11.4 Å². The minimum Gasteiger partial charge on any atom is -0.481 e. The second-order valence-corrected chi connectivity index (χ2v) is 4.69. The molecular formula is C13H18N2O2. The summed E-state index contributed by atoms with van der Waals surface area (Å²) in [5.74, 6) is -0.722. The highest BCUT2D eigenvalue weighted by Gasteiger charge is 2.43. The highest BCUT2D eigenvalue weighted by molar-refractivity contribution is 5.81. The van der Waals surface area contributed by atoms with E-state index in [0.717, 1.165) is 18.4 Å². The number of pyridine rings is 1. The van der Waals surface area contributed by atoms with Crippen LogP contribution in [0, 0.1) is 0 Å². The molecule has 17 heavy (non-hydrogen) atoms. The predicted molar refractivity (Wildman–Crippen MR) is 64.9 cm³/mol. The van der Waals surface area contributed by atoms with Crippen LogP contribution in [0.3, 0.4) is 0 Å². The van der Waals surface area contributed by atoms with Gasteiger partial charge in [0.05, 0.1) is 5.41 Å². The van der Waals surface area contributed by atoms with Gasteiger partial charge in [0.15, 0.2) is 0 Å². The van der Waals surface area contributed by atoms with Crippen molar-refractivity contribution in [1.29, 1.82) is 0 Å². The van der Waals surface area contributed by atoms with Gasteiger partial charge in [0.1, 0.15) is 0 Å². The average molecular weight is 234 g/mol. The molecule has 0 atom stereocenters. The third-order valence-corrected chi connectivity index (χ3v) is 3.87. The summed E-state index contributed by atoms with van der Waals surface area (Å²) in [6.45, 7) is 0. The number of nitrogens with one attached hydrogen (secondary N) is 1. The highest BCUT2D eigenvalue weighted by atomic mass is 16.4. The SMILES string of the molecule is CNC1CCC(C(=O)O)(c2cccnc2)CC1. The summed E-state index contributed by atoms with van der Waals surface area (Å²) in [4.78, 5) is 15.7. The van der Waals surface area contributed by atoms with E-state index in [-0.39, 0.29) is 0 Å². The summed E-state index contributed by atoms with van der Waals surface area (Å²) in [5.41, 5.74) is 0.101. The van der Waals surface area contributed by atoms with Crippen LogP contribution in [0.4, 0.5) is 0 Å². The van der Waals surface area contributed by atoms with E-state index in [0.29, 0.717) is 18.9 Å². The van der Waals surface area contributed by atoms with E-state index in [2.05, 4.69) is 10.3 Å². The quantitative estimate of drug-likeness (QED) is 0.833. The Hall–Kier alpha value is -1.42. The number of aromatic nitrogens is 1. The molecule has 1 fully saturated rings. The van der Waals surface area contributed by atoms with Gasteiger partial charge in [0.25, 0.3) is 0 Å². The van der Waals surface area contributed by atoms with Crippen molar-refractivity contribution in [3.05, 3.63) is 30.1 Å². The summed E-state index contributed by atoms with van der Waals surface area (Å²) in [6, 6.07) is 4.13. The first-order chi connectivity index (χ1) is 8.19. The van der Waals surface area contributed by atoms with Crippen molar-refractivity contribution < 1.29 is 9.90 Å². The number of rotatable bonds is 3. The highest BCUT2D eigenvalue weighted by Crippen LogP contribution is 2.39. The number of aliphatic carboxylic acids is 1. The van der Waals surface area contributed by atoms with Crippen LogP contribution < -0.4 is 5.32 Å². The van der Waals surface area contributed by atoms with Gasteiger partial charge in [-0.3, -0.25) is 9.78 Å². The van der Waals surface area contributed by atoms with Crippen molar-refractivity contribution in [2.24, 2.45) is 0 Å². The zero-order chi connectivity index (χ0) is 12.3. The Morgan fingerprint density at radius 1 is 1.53 bits per heavy atom. The van der Waals surface area contributed by atoms with Gasteiger partial charge in [-0.05, 0) is 44.4 Å². The largest absolute Gasteiger partial charge is 0.481 e. The normalized spacial score (nSPS) is 28.9. The third-order valence-electron chi connectivity index (χ3n) is 3.87. The van der Waals surface area contributed by atoms with Gasteiger partial charge in [-0.2, -0.15) is 0 Å². The maximum Gasteiger partial charge on any atom is 0.314 e. The molecule has 4 nitrogen and oxygen atoms in total. The lowest BCUT2D eigenvalue weighted by Gasteiger charge is -2.36. The Bertz CT molecular complexity index is 384. The van der Waals surface area contributed by atoms with Crippen molar-refractivity contribution in [2.45, 2.75) is 37.1 Å². The van der Waals surface area contributed by atoms with Crippen molar-refractivity contribution in [1.82, 2.24) is 10.3 Å². The van der Waals surface area contributed by atoms with Crippen LogP contribution in [0.15, 0.2) is 24.5 Å². The Morgan fingerprint density at radius 3 is 2.71 bits per heavy atom. The predicted octanol–water partition coefficient (Wildman–Crippen LogP) is 1.57. The molecule has 0 unspecified atom stereocenters. The first kappa shape index (κ1) is 12.0. The zero-order valence-corrected chi connectivity index (χ0v) is 10.0. The number of hydrogen-bond donors (Lipinski definition) is 2. The van der Waals surface area contributed by atoms with Crippen molar-refractivity contribution in [3.8, 4) is 0 Å². The standard InChI is InChI=1S/C13H18N2O2/c1-14-11-4-6-13(7-5-11,12(16)17)10-3-2-8-15-9-10/h2-3,8-9,11,14H,4-7H2,1H3,(H,16,17). The molecule has 1 aliphatic rings. The molecule has 0 aliphatic heterocycles. The first-order valence-electron chi connectivity index (χ1n) is 6.00. The molecule has 1 heterocycles. The molecule has 0 aromatic carbocycles. The molecule has 4 heteroatoms. The molecule has 0 saturated heterocycles. The van der Waals surface area contributed by atoms with Crippen LogP contribution in [-0.4, -0.2) is 29.1 Å². The van der Waals surface area contributed by atoms with Gasteiger partial charge >= 0.3 is 5.97 Å². The molecule has 1 aromatic heterocycles. The summed E-state index contributed by atoms with van der Waals surface area (Å²) >= 11 is 0. The second-order valence-electron chi connectivity index (χ2n) is 4.69. The number of hydrogen-bond acceptors (Lipinski definition) is 3. The minimum absolute atomic E-state index is 0.444. The molecule has 92 valence electrons. The van der Waals surface area contributed by atoms with Gasteiger partial charge in [0.2, 0.25) is 0 Å². The van der Waals surface area contributed by atoms with Crippen LogP contribution in [0.5, 0.6) is 0 Å². The van der Waals surface area contributed by atoms with Crippen molar-refractivity contribution >= 4 is 5.97 Å². The summed E-state index contributed by atoms with van der Waals surface area (Å²) < 4.78 is 0. The molecule has 1 aromatic rings. The van der Waals surface area contributed by atoms with Crippen LogP contribution >= 0.6 is 0 Å². The molecular weight excluding hydrogens is 216 g/mol. The number of carbonyl (C=O) groups is 1. The van der Waals surface area contributed by atoms with Gasteiger partial charge in [-0.1, -0.05) is 6.07 Å². The van der Waals surface area contributed by atoms with Crippen LogP contribution in [0.25, 0.3) is 0 Å². The number of carboxylic acids is 1. The zero-order valence-electron chi connectivity index (χ0n) is 10.0. The summed E-state index contributed by atoms with van der Waals surface area (Å²) in [7, 11) is 1.93. The van der Waals surface area contributed by atoms with E-state index in [1.807, 2.05) is 19.2 Å². The van der Waals surface area contributed by atoms with E-state index in [1.54, 1.807) is 12.4 Å². The average Bonchev–Trinajstić information content (AvgIpc) is 2.39. The van der Waals surface area contributed by atoms with E-state index in [4.69, 9.17) is 0 Å². The maximum atomic E-state index is 11.6. The fourth-order valence-electron chi connectivity index (χ4n) is 2.67. The fraction of sp³-hybridized carbons (Fsp3) is 0.538. The van der Waals surface area contributed by atoms with E-state index in [9.17, 15) is 9.90 Å². The molecule has 1 saturated carbocycles. The Kier molecular flexibility index (Phi) is 3.43. The lowest BCUT2D eigenvalue weighted by molar-refractivity contribution is -0.145. The van der Waals surface area contributed by atoms with Gasteiger partial charge in [-0.15, -0.1) is 0 Å².